The molecule has 3 aromatic rings. The number of aromatic nitrogens is 4. The van der Waals surface area contributed by atoms with Gasteiger partial charge in [-0.3, -0.25) is 4.79 Å². The molecule has 1 aliphatic carbocycles. The highest BCUT2D eigenvalue weighted by Gasteiger charge is 2.26. The molecule has 158 valence electrons. The fourth-order valence-electron chi connectivity index (χ4n) is 3.73. The molecule has 2 heterocycles. The number of hydrogen-bond donors (Lipinski definition) is 1. The maximum atomic E-state index is 12.5. The number of hydrogen-bond acceptors (Lipinski definition) is 6. The molecule has 1 atom stereocenters. The van der Waals surface area contributed by atoms with Crippen LogP contribution in [0.4, 0.5) is 0 Å². The van der Waals surface area contributed by atoms with Gasteiger partial charge in [0.15, 0.2) is 4.34 Å². The lowest BCUT2D eigenvalue weighted by molar-refractivity contribution is -0.119. The summed E-state index contributed by atoms with van der Waals surface area (Å²) < 4.78 is 2.86. The predicted octanol–water partition coefficient (Wildman–Crippen LogP) is 4.62. The van der Waals surface area contributed by atoms with E-state index in [0.717, 1.165) is 39.9 Å². The second kappa shape index (κ2) is 8.51. The zero-order chi connectivity index (χ0) is 21.3. The first-order valence-corrected chi connectivity index (χ1v) is 12.0. The van der Waals surface area contributed by atoms with Gasteiger partial charge in [0.25, 0.3) is 0 Å². The highest BCUT2D eigenvalue weighted by Crippen LogP contribution is 2.32. The Morgan fingerprint density at radius 2 is 2.03 bits per heavy atom. The number of rotatable bonds is 5. The normalized spacial score (nSPS) is 16.3. The third-order valence-electron chi connectivity index (χ3n) is 5.33. The first-order chi connectivity index (χ1) is 14.3. The topological polar surface area (TPSA) is 72.7 Å². The Kier molecular flexibility index (Phi) is 5.97. The van der Waals surface area contributed by atoms with E-state index in [1.54, 1.807) is 0 Å². The van der Waals surface area contributed by atoms with Crippen molar-refractivity contribution in [2.45, 2.75) is 62.8 Å². The fourth-order valence-corrected chi connectivity index (χ4v) is 5.36. The molecule has 0 bridgehead atoms. The smallest absolute Gasteiger partial charge is 0.230 e. The molecule has 0 aliphatic heterocycles. The van der Waals surface area contributed by atoms with Gasteiger partial charge in [-0.1, -0.05) is 56.0 Å². The van der Waals surface area contributed by atoms with Gasteiger partial charge in [0.1, 0.15) is 5.01 Å². The van der Waals surface area contributed by atoms with Gasteiger partial charge < -0.3 is 5.32 Å². The van der Waals surface area contributed by atoms with E-state index in [1.807, 2.05) is 17.8 Å². The number of carbonyl (C=O) groups is 1. The summed E-state index contributed by atoms with van der Waals surface area (Å²) in [6.07, 6.45) is 4.86. The average molecular weight is 442 g/mol. The molecular formula is C22H27N5OS2. The lowest BCUT2D eigenvalue weighted by Gasteiger charge is -2.24. The van der Waals surface area contributed by atoms with E-state index in [2.05, 4.69) is 65.6 Å². The van der Waals surface area contributed by atoms with E-state index in [-0.39, 0.29) is 17.4 Å². The van der Waals surface area contributed by atoms with Gasteiger partial charge in [0, 0.05) is 11.3 Å². The Labute approximate surface area is 185 Å². The molecule has 0 unspecified atom stereocenters. The van der Waals surface area contributed by atoms with Crippen molar-refractivity contribution in [1.29, 1.82) is 0 Å². The molecule has 1 N–H and O–H groups in total. The second-order valence-corrected chi connectivity index (χ2v) is 11.0. The average Bonchev–Trinajstić information content (AvgIpc) is 3.32. The van der Waals surface area contributed by atoms with Crippen LogP contribution in [0.15, 0.2) is 34.8 Å². The van der Waals surface area contributed by atoms with Crippen molar-refractivity contribution in [1.82, 2.24) is 25.3 Å². The van der Waals surface area contributed by atoms with Crippen molar-refractivity contribution in [3.8, 4) is 5.69 Å². The molecule has 0 saturated heterocycles. The molecule has 1 aromatic carbocycles. The summed E-state index contributed by atoms with van der Waals surface area (Å²) >= 11 is 2.95. The van der Waals surface area contributed by atoms with Gasteiger partial charge in [-0.05, 0) is 49.3 Å². The molecule has 2 aromatic heterocycles. The van der Waals surface area contributed by atoms with Crippen LogP contribution in [0.2, 0.25) is 0 Å². The van der Waals surface area contributed by atoms with E-state index in [0.29, 0.717) is 5.75 Å². The van der Waals surface area contributed by atoms with Crippen LogP contribution >= 0.6 is 23.1 Å². The first-order valence-electron chi connectivity index (χ1n) is 10.2. The number of carbonyl (C=O) groups excluding carboxylic acids is 1. The van der Waals surface area contributed by atoms with E-state index < -0.39 is 0 Å². The Hall–Kier alpha value is -2.19. The van der Waals surface area contributed by atoms with Gasteiger partial charge in [-0.25, -0.2) is 4.68 Å². The van der Waals surface area contributed by atoms with E-state index in [1.165, 1.54) is 34.4 Å². The summed E-state index contributed by atoms with van der Waals surface area (Å²) in [5, 5.41) is 16.8. The van der Waals surface area contributed by atoms with Gasteiger partial charge in [-0.15, -0.1) is 10.2 Å². The van der Waals surface area contributed by atoms with E-state index >= 15 is 0 Å². The summed E-state index contributed by atoms with van der Waals surface area (Å²) in [5.41, 5.74) is 4.83. The number of aryl methyl sites for hydroxylation is 1. The third-order valence-corrected chi connectivity index (χ3v) is 7.30. The molecule has 0 spiro atoms. The van der Waals surface area contributed by atoms with Crippen molar-refractivity contribution >= 4 is 29.0 Å². The summed E-state index contributed by atoms with van der Waals surface area (Å²) in [4.78, 5) is 12.5. The molecule has 6 nitrogen and oxygen atoms in total. The molecule has 1 aliphatic rings. The van der Waals surface area contributed by atoms with Gasteiger partial charge in [0.05, 0.1) is 23.7 Å². The Balaban J connectivity index is 1.46. The lowest BCUT2D eigenvalue weighted by atomic mass is 9.87. The largest absolute Gasteiger partial charge is 0.348 e. The monoisotopic (exact) mass is 441 g/mol. The number of fused-ring (bicyclic) bond motifs is 1. The fraction of sp³-hybridized carbons (Fsp3) is 0.455. The lowest BCUT2D eigenvalue weighted by Crippen LogP contribution is -2.32. The molecule has 0 fully saturated rings. The Morgan fingerprint density at radius 3 is 2.70 bits per heavy atom. The highest BCUT2D eigenvalue weighted by molar-refractivity contribution is 8.01. The Bertz CT molecular complexity index is 1030. The van der Waals surface area contributed by atoms with Crippen molar-refractivity contribution in [2.24, 2.45) is 0 Å². The van der Waals surface area contributed by atoms with Crippen LogP contribution in [0.25, 0.3) is 5.69 Å². The number of thioether (sulfide) groups is 1. The first kappa shape index (κ1) is 21.1. The zero-order valence-electron chi connectivity index (χ0n) is 17.8. The minimum Gasteiger partial charge on any atom is -0.348 e. The quantitative estimate of drug-likeness (QED) is 0.585. The number of amides is 1. The zero-order valence-corrected chi connectivity index (χ0v) is 19.4. The minimum atomic E-state index is 0.0144. The maximum Gasteiger partial charge on any atom is 0.230 e. The number of benzene rings is 1. The van der Waals surface area contributed by atoms with Crippen LogP contribution in [-0.2, 0) is 16.6 Å². The molecular weight excluding hydrogens is 414 g/mol. The van der Waals surface area contributed by atoms with Crippen LogP contribution in [0.3, 0.4) is 0 Å². The molecule has 8 heteroatoms. The standard InChI is InChI=1S/C22H27N5OS2/c1-14-25-26-21(30-14)29-13-20(28)24-18-6-5-7-19-17(18)12-23-27(19)16-10-8-15(9-11-16)22(2,3)4/h8-12,18H,5-7,13H2,1-4H3,(H,24,28)/t18-/m0/s1. The maximum absolute atomic E-state index is 12.5. The van der Waals surface area contributed by atoms with Crippen molar-refractivity contribution in [3.05, 3.63) is 52.3 Å². The van der Waals surface area contributed by atoms with Crippen LogP contribution in [0, 0.1) is 6.92 Å². The second-order valence-electron chi connectivity index (χ2n) is 8.64. The predicted molar refractivity (Wildman–Crippen MR) is 121 cm³/mol. The number of nitrogens with one attached hydrogen (secondary N) is 1. The summed E-state index contributed by atoms with van der Waals surface area (Å²) in [6.45, 7) is 8.57. The highest BCUT2D eigenvalue weighted by atomic mass is 32.2. The van der Waals surface area contributed by atoms with Crippen LogP contribution in [-0.4, -0.2) is 31.6 Å². The number of nitrogens with zero attached hydrogens (tertiary/aromatic N) is 4. The summed E-state index contributed by atoms with van der Waals surface area (Å²) in [7, 11) is 0. The van der Waals surface area contributed by atoms with E-state index in [4.69, 9.17) is 0 Å². The van der Waals surface area contributed by atoms with Crippen LogP contribution in [0.5, 0.6) is 0 Å². The van der Waals surface area contributed by atoms with Crippen molar-refractivity contribution < 1.29 is 4.79 Å². The van der Waals surface area contributed by atoms with Crippen LogP contribution < -0.4 is 5.32 Å². The van der Waals surface area contributed by atoms with Gasteiger partial charge in [-0.2, -0.15) is 5.10 Å². The van der Waals surface area contributed by atoms with Gasteiger partial charge >= 0.3 is 0 Å². The van der Waals surface area contributed by atoms with Crippen molar-refractivity contribution in [2.75, 3.05) is 5.75 Å². The third kappa shape index (κ3) is 4.59. The molecule has 30 heavy (non-hydrogen) atoms. The van der Waals surface area contributed by atoms with Crippen molar-refractivity contribution in [3.63, 3.8) is 0 Å². The summed E-state index contributed by atoms with van der Waals surface area (Å²) in [5.74, 6) is 0.371. The Morgan fingerprint density at radius 1 is 1.27 bits per heavy atom. The molecule has 0 radical (unpaired) electrons. The minimum absolute atomic E-state index is 0.0144. The molecule has 4 rings (SSSR count). The molecule has 0 saturated carbocycles. The van der Waals surface area contributed by atoms with Gasteiger partial charge in [0.2, 0.25) is 5.91 Å². The molecule has 1 amide bonds. The SMILES string of the molecule is Cc1nnc(SCC(=O)N[C@H]2CCCc3c2cnn3-c2ccc(C(C)(C)C)cc2)s1. The van der Waals surface area contributed by atoms with Crippen LogP contribution in [0.1, 0.15) is 61.5 Å². The summed E-state index contributed by atoms with van der Waals surface area (Å²) in [6, 6.07) is 8.64. The van der Waals surface area contributed by atoms with E-state index in [9.17, 15) is 4.79 Å².